The highest BCUT2D eigenvalue weighted by molar-refractivity contribution is 5.73. The Morgan fingerprint density at radius 2 is 2.18 bits per heavy atom. The number of hydrogen-bond acceptors (Lipinski definition) is 1. The highest BCUT2D eigenvalue weighted by Crippen LogP contribution is 2.14. The second-order valence-corrected chi connectivity index (χ2v) is 2.26. The Morgan fingerprint density at radius 1 is 1.18 bits per heavy atom. The van der Waals surface area contributed by atoms with Crippen LogP contribution in [-0.4, -0.2) is 4.98 Å². The molecule has 0 N–H and O–H groups in total. The lowest BCUT2D eigenvalue weighted by Gasteiger charge is -1.94. The van der Waals surface area contributed by atoms with Crippen LogP contribution < -0.4 is 5.32 Å². The first-order valence-corrected chi connectivity index (χ1v) is 3.45. The van der Waals surface area contributed by atoms with E-state index in [4.69, 9.17) is 0 Å². The number of aromatic nitrogens is 1. The van der Waals surface area contributed by atoms with Gasteiger partial charge in [0, 0.05) is 24.2 Å². The fourth-order valence-corrected chi connectivity index (χ4v) is 0.975. The first-order chi connectivity index (χ1) is 5.47. The Bertz CT molecular complexity index is 299. The second-order valence-electron chi connectivity index (χ2n) is 2.26. The third-order valence-electron chi connectivity index (χ3n) is 1.51. The Kier molecular flexibility index (Phi) is 1.44. The van der Waals surface area contributed by atoms with Gasteiger partial charge >= 0.3 is 0 Å². The molecule has 0 unspecified atom stereocenters. The van der Waals surface area contributed by atoms with Crippen molar-refractivity contribution in [2.24, 2.45) is 0 Å². The molecule has 2 rings (SSSR count). The summed E-state index contributed by atoms with van der Waals surface area (Å²) in [6, 6.07) is 5.84. The van der Waals surface area contributed by atoms with Crippen LogP contribution in [0.1, 0.15) is 5.69 Å². The molecule has 2 heterocycles. The van der Waals surface area contributed by atoms with E-state index in [1.54, 1.807) is 12.4 Å². The molecule has 1 aliphatic heterocycles. The van der Waals surface area contributed by atoms with Crippen LogP contribution in [0.5, 0.6) is 0 Å². The molecule has 2 nitrogen and oxygen atoms in total. The molecule has 0 aliphatic carbocycles. The fraction of sp³-hybridized carbons (Fsp3) is 0. The molecular weight excluding hydrogens is 136 g/mol. The third kappa shape index (κ3) is 1.15. The number of pyridine rings is 1. The van der Waals surface area contributed by atoms with Crippen LogP contribution in [0.3, 0.4) is 0 Å². The fourth-order valence-electron chi connectivity index (χ4n) is 0.975. The normalized spacial score (nSPS) is 14.4. The molecule has 11 heavy (non-hydrogen) atoms. The quantitative estimate of drug-likeness (QED) is 0.586. The molecular formula is C9H7N2. The molecule has 0 atom stereocenters. The molecule has 1 radical (unpaired) electrons. The summed E-state index contributed by atoms with van der Waals surface area (Å²) < 4.78 is 0. The van der Waals surface area contributed by atoms with Crippen LogP contribution in [0, 0.1) is 0 Å². The summed E-state index contributed by atoms with van der Waals surface area (Å²) in [5.74, 6) is 0. The first kappa shape index (κ1) is 6.16. The van der Waals surface area contributed by atoms with Gasteiger partial charge in [-0.1, -0.05) is 6.07 Å². The van der Waals surface area contributed by atoms with E-state index < -0.39 is 0 Å². The Labute approximate surface area is 65.3 Å². The van der Waals surface area contributed by atoms with Gasteiger partial charge in [0.25, 0.3) is 0 Å². The Balaban J connectivity index is 2.37. The van der Waals surface area contributed by atoms with Gasteiger partial charge in [-0.3, -0.25) is 10.3 Å². The summed E-state index contributed by atoms with van der Waals surface area (Å²) in [4.78, 5) is 4.18. The molecule has 1 aromatic rings. The SMILES string of the molecule is C1=CC(c2ccccn2)=C[N]1. The van der Waals surface area contributed by atoms with Gasteiger partial charge in [-0.15, -0.1) is 0 Å². The van der Waals surface area contributed by atoms with Gasteiger partial charge in [0.2, 0.25) is 0 Å². The largest absolute Gasteiger partial charge is 0.264 e. The van der Waals surface area contributed by atoms with Crippen LogP contribution in [0.2, 0.25) is 0 Å². The molecule has 0 spiro atoms. The van der Waals surface area contributed by atoms with Gasteiger partial charge in [-0.05, 0) is 18.2 Å². The van der Waals surface area contributed by atoms with E-state index in [-0.39, 0.29) is 0 Å². The number of hydrogen-bond donors (Lipinski definition) is 0. The molecule has 0 aromatic carbocycles. The molecule has 2 heteroatoms. The predicted octanol–water partition coefficient (Wildman–Crippen LogP) is 1.55. The lowest BCUT2D eigenvalue weighted by molar-refractivity contribution is 1.20. The van der Waals surface area contributed by atoms with Crippen molar-refractivity contribution in [3.05, 3.63) is 48.6 Å². The van der Waals surface area contributed by atoms with E-state index in [1.165, 1.54) is 0 Å². The molecule has 0 saturated carbocycles. The maximum Gasteiger partial charge on any atom is 0.0717 e. The molecule has 1 aromatic heterocycles. The second kappa shape index (κ2) is 2.58. The Hall–Kier alpha value is -1.57. The maximum atomic E-state index is 4.18. The highest BCUT2D eigenvalue weighted by Gasteiger charge is 2.01. The van der Waals surface area contributed by atoms with E-state index >= 15 is 0 Å². The number of nitrogens with zero attached hydrogens (tertiary/aromatic N) is 2. The summed E-state index contributed by atoms with van der Waals surface area (Å²) in [6.07, 6.45) is 7.30. The number of allylic oxidation sites excluding steroid dienone is 2. The lowest BCUT2D eigenvalue weighted by atomic mass is 10.2. The predicted molar refractivity (Wildman–Crippen MR) is 43.5 cm³/mol. The van der Waals surface area contributed by atoms with E-state index in [1.807, 2.05) is 30.5 Å². The van der Waals surface area contributed by atoms with Gasteiger partial charge in [-0.25, -0.2) is 0 Å². The van der Waals surface area contributed by atoms with E-state index in [2.05, 4.69) is 10.3 Å². The average Bonchev–Trinajstić information content (AvgIpc) is 2.58. The lowest BCUT2D eigenvalue weighted by Crippen LogP contribution is -1.83. The molecule has 0 bridgehead atoms. The third-order valence-corrected chi connectivity index (χ3v) is 1.51. The van der Waals surface area contributed by atoms with Gasteiger partial charge in [0.1, 0.15) is 0 Å². The van der Waals surface area contributed by atoms with Crippen LogP contribution >= 0.6 is 0 Å². The average molecular weight is 143 g/mol. The van der Waals surface area contributed by atoms with Crippen molar-refractivity contribution in [1.29, 1.82) is 0 Å². The van der Waals surface area contributed by atoms with Crippen LogP contribution in [0.15, 0.2) is 42.9 Å². The van der Waals surface area contributed by atoms with Gasteiger partial charge in [0.15, 0.2) is 0 Å². The topological polar surface area (TPSA) is 27.0 Å². The van der Waals surface area contributed by atoms with Gasteiger partial charge in [0.05, 0.1) is 5.69 Å². The van der Waals surface area contributed by atoms with Crippen LogP contribution in [-0.2, 0) is 0 Å². The highest BCUT2D eigenvalue weighted by atomic mass is 14.8. The zero-order chi connectivity index (χ0) is 7.52. The molecule has 1 aliphatic rings. The summed E-state index contributed by atoms with van der Waals surface area (Å²) in [5.41, 5.74) is 2.05. The van der Waals surface area contributed by atoms with Crippen molar-refractivity contribution in [1.82, 2.24) is 10.3 Å². The zero-order valence-electron chi connectivity index (χ0n) is 5.94. The van der Waals surface area contributed by atoms with Crippen molar-refractivity contribution >= 4 is 5.57 Å². The smallest absolute Gasteiger partial charge is 0.0717 e. The van der Waals surface area contributed by atoms with Crippen molar-refractivity contribution in [2.45, 2.75) is 0 Å². The first-order valence-electron chi connectivity index (χ1n) is 3.45. The van der Waals surface area contributed by atoms with Crippen LogP contribution in [0.25, 0.3) is 5.57 Å². The zero-order valence-corrected chi connectivity index (χ0v) is 5.94. The minimum Gasteiger partial charge on any atom is -0.264 e. The van der Waals surface area contributed by atoms with Crippen molar-refractivity contribution in [2.75, 3.05) is 0 Å². The molecule has 0 amide bonds. The molecule has 0 fully saturated rings. The summed E-state index contributed by atoms with van der Waals surface area (Å²) in [7, 11) is 0. The Morgan fingerprint density at radius 3 is 2.82 bits per heavy atom. The van der Waals surface area contributed by atoms with Crippen LogP contribution in [0.4, 0.5) is 0 Å². The van der Waals surface area contributed by atoms with E-state index in [0.717, 1.165) is 11.3 Å². The molecule has 0 saturated heterocycles. The van der Waals surface area contributed by atoms with Crippen molar-refractivity contribution in [3.63, 3.8) is 0 Å². The van der Waals surface area contributed by atoms with Gasteiger partial charge in [-0.2, -0.15) is 0 Å². The minimum atomic E-state index is 0.977. The van der Waals surface area contributed by atoms with Gasteiger partial charge < -0.3 is 0 Å². The summed E-state index contributed by atoms with van der Waals surface area (Å²) in [6.45, 7) is 0. The van der Waals surface area contributed by atoms with E-state index in [0.29, 0.717) is 0 Å². The minimum absolute atomic E-state index is 0.977. The van der Waals surface area contributed by atoms with Crippen molar-refractivity contribution in [3.8, 4) is 0 Å². The van der Waals surface area contributed by atoms with E-state index in [9.17, 15) is 0 Å². The standard InChI is InChI=1S/C9H7N2/c1-2-5-11-9(3-1)8-4-6-10-7-8/h1-7H. The summed E-state index contributed by atoms with van der Waals surface area (Å²) >= 11 is 0. The number of rotatable bonds is 1. The van der Waals surface area contributed by atoms with Crippen molar-refractivity contribution < 1.29 is 0 Å². The monoisotopic (exact) mass is 143 g/mol. The summed E-state index contributed by atoms with van der Waals surface area (Å²) in [5, 5.41) is 3.96. The molecule has 53 valence electrons. The maximum absolute atomic E-state index is 4.18.